The quantitative estimate of drug-likeness (QED) is 0.853. The average Bonchev–Trinajstić information content (AvgIpc) is 2.95. The summed E-state index contributed by atoms with van der Waals surface area (Å²) in [5, 5.41) is 9.99. The number of nitrogens with zero attached hydrogens (tertiary/aromatic N) is 2. The van der Waals surface area contributed by atoms with E-state index in [1.807, 2.05) is 29.3 Å². The first-order valence-corrected chi connectivity index (χ1v) is 6.93. The number of hydrogen-bond donors (Lipinski definition) is 1. The minimum absolute atomic E-state index is 0.362. The Morgan fingerprint density at radius 3 is 2.94 bits per heavy atom. The van der Waals surface area contributed by atoms with Gasteiger partial charge in [0.2, 0.25) is 0 Å². The van der Waals surface area contributed by atoms with Gasteiger partial charge in [0.15, 0.2) is 0 Å². The van der Waals surface area contributed by atoms with Crippen LogP contribution in [0.25, 0.3) is 0 Å². The molecule has 0 fully saturated rings. The van der Waals surface area contributed by atoms with Crippen LogP contribution < -0.4 is 5.32 Å². The van der Waals surface area contributed by atoms with Gasteiger partial charge in [0.25, 0.3) is 0 Å². The van der Waals surface area contributed by atoms with Crippen LogP contribution in [0.5, 0.6) is 0 Å². The second-order valence-electron chi connectivity index (χ2n) is 4.17. The molecule has 0 spiro atoms. The number of nitrogens with one attached hydrogen (secondary N) is 1. The first-order chi connectivity index (χ1) is 8.31. The molecule has 0 bridgehead atoms. The summed E-state index contributed by atoms with van der Waals surface area (Å²) in [5.74, 6) is 0. The van der Waals surface area contributed by atoms with E-state index in [9.17, 15) is 0 Å². The van der Waals surface area contributed by atoms with Crippen molar-refractivity contribution in [1.82, 2.24) is 15.1 Å². The molecule has 0 aliphatic heterocycles. The summed E-state index contributed by atoms with van der Waals surface area (Å²) in [7, 11) is 2.00. The maximum absolute atomic E-state index is 4.25. The van der Waals surface area contributed by atoms with Gasteiger partial charge >= 0.3 is 0 Å². The van der Waals surface area contributed by atoms with Crippen LogP contribution in [-0.4, -0.2) is 16.3 Å². The summed E-state index contributed by atoms with van der Waals surface area (Å²) in [5.41, 5.74) is 1.26. The Labute approximate surface area is 106 Å². The van der Waals surface area contributed by atoms with E-state index in [1.54, 1.807) is 0 Å². The molecular weight excluding hydrogens is 230 g/mol. The molecule has 2 aromatic rings. The lowest BCUT2D eigenvalue weighted by molar-refractivity contribution is 0.496. The number of aromatic nitrogens is 2. The minimum atomic E-state index is 0.362. The Morgan fingerprint density at radius 1 is 1.47 bits per heavy atom. The third-order valence-electron chi connectivity index (χ3n) is 2.84. The first kappa shape index (κ1) is 12.3. The molecule has 1 unspecified atom stereocenters. The van der Waals surface area contributed by atoms with Crippen LogP contribution in [0.15, 0.2) is 29.8 Å². The Hall–Kier alpha value is -1.13. The molecule has 0 aliphatic carbocycles. The summed E-state index contributed by atoms with van der Waals surface area (Å²) >= 11 is 1.82. The molecule has 0 aromatic carbocycles. The zero-order valence-electron chi connectivity index (χ0n) is 10.4. The molecule has 2 aromatic heterocycles. The van der Waals surface area contributed by atoms with Gasteiger partial charge in [-0.15, -0.1) is 11.3 Å². The van der Waals surface area contributed by atoms with E-state index in [2.05, 4.69) is 40.9 Å². The van der Waals surface area contributed by atoms with Crippen LogP contribution in [0.4, 0.5) is 0 Å². The molecule has 1 N–H and O–H groups in total. The number of thiophene rings is 1. The van der Waals surface area contributed by atoms with Gasteiger partial charge in [-0.25, -0.2) is 0 Å². The highest BCUT2D eigenvalue weighted by molar-refractivity contribution is 7.09. The third-order valence-corrected chi connectivity index (χ3v) is 3.74. The maximum Gasteiger partial charge on any atom is 0.0553 e. The summed E-state index contributed by atoms with van der Waals surface area (Å²) in [6.45, 7) is 3.24. The Morgan fingerprint density at radius 2 is 2.35 bits per heavy atom. The predicted molar refractivity (Wildman–Crippen MR) is 72.3 cm³/mol. The van der Waals surface area contributed by atoms with Gasteiger partial charge in [0, 0.05) is 24.5 Å². The van der Waals surface area contributed by atoms with Crippen LogP contribution in [0.1, 0.15) is 30.0 Å². The fraction of sp³-hybridized carbons (Fsp3) is 0.462. The zero-order chi connectivity index (χ0) is 12.1. The van der Waals surface area contributed by atoms with E-state index < -0.39 is 0 Å². The summed E-state index contributed by atoms with van der Waals surface area (Å²) < 4.78 is 1.96. The van der Waals surface area contributed by atoms with Crippen molar-refractivity contribution in [2.24, 2.45) is 7.05 Å². The Kier molecular flexibility index (Phi) is 4.34. The fourth-order valence-electron chi connectivity index (χ4n) is 1.96. The number of hydrogen-bond acceptors (Lipinski definition) is 3. The molecule has 0 saturated carbocycles. The van der Waals surface area contributed by atoms with Crippen LogP contribution in [0.2, 0.25) is 0 Å². The summed E-state index contributed by atoms with van der Waals surface area (Å²) in [4.78, 5) is 1.42. The minimum Gasteiger partial charge on any atom is -0.308 e. The lowest BCUT2D eigenvalue weighted by Crippen LogP contribution is -2.25. The van der Waals surface area contributed by atoms with Crippen molar-refractivity contribution in [2.45, 2.75) is 25.8 Å². The van der Waals surface area contributed by atoms with Gasteiger partial charge in [0.05, 0.1) is 11.7 Å². The number of rotatable bonds is 6. The largest absolute Gasteiger partial charge is 0.308 e. The topological polar surface area (TPSA) is 29.9 Å². The van der Waals surface area contributed by atoms with Gasteiger partial charge < -0.3 is 5.32 Å². The summed E-state index contributed by atoms with van der Waals surface area (Å²) in [6, 6.07) is 6.77. The lowest BCUT2D eigenvalue weighted by Gasteiger charge is -2.18. The fourth-order valence-corrected chi connectivity index (χ4v) is 2.71. The van der Waals surface area contributed by atoms with E-state index in [1.165, 1.54) is 10.6 Å². The molecule has 0 radical (unpaired) electrons. The highest BCUT2D eigenvalue weighted by atomic mass is 32.1. The van der Waals surface area contributed by atoms with E-state index in [-0.39, 0.29) is 0 Å². The Balaban J connectivity index is 2.11. The van der Waals surface area contributed by atoms with Crippen molar-refractivity contribution >= 4 is 11.3 Å². The molecule has 0 saturated heterocycles. The van der Waals surface area contributed by atoms with Crippen molar-refractivity contribution in [3.8, 4) is 0 Å². The monoisotopic (exact) mass is 249 g/mol. The molecule has 4 heteroatoms. The standard InChI is InChI=1S/C13H19N3S/c1-3-7-14-12(10-11-5-4-9-17-11)13-6-8-15-16(13)2/h4-6,8-9,12,14H,3,7,10H2,1-2H3. The van der Waals surface area contributed by atoms with Crippen molar-refractivity contribution in [3.05, 3.63) is 40.3 Å². The van der Waals surface area contributed by atoms with Crippen LogP contribution >= 0.6 is 11.3 Å². The molecule has 0 aliphatic rings. The molecular formula is C13H19N3S. The first-order valence-electron chi connectivity index (χ1n) is 6.05. The summed E-state index contributed by atoms with van der Waals surface area (Å²) in [6.07, 6.45) is 4.06. The highest BCUT2D eigenvalue weighted by Crippen LogP contribution is 2.20. The van der Waals surface area contributed by atoms with Gasteiger partial charge in [-0.1, -0.05) is 13.0 Å². The maximum atomic E-state index is 4.25. The van der Waals surface area contributed by atoms with E-state index in [0.29, 0.717) is 6.04 Å². The van der Waals surface area contributed by atoms with Crippen molar-refractivity contribution in [2.75, 3.05) is 6.54 Å². The third kappa shape index (κ3) is 3.17. The van der Waals surface area contributed by atoms with Gasteiger partial charge in [0.1, 0.15) is 0 Å². The zero-order valence-corrected chi connectivity index (χ0v) is 11.2. The molecule has 0 amide bonds. The van der Waals surface area contributed by atoms with Crippen molar-refractivity contribution in [1.29, 1.82) is 0 Å². The van der Waals surface area contributed by atoms with Gasteiger partial charge in [-0.2, -0.15) is 5.10 Å². The van der Waals surface area contributed by atoms with E-state index in [0.717, 1.165) is 19.4 Å². The smallest absolute Gasteiger partial charge is 0.0553 e. The second kappa shape index (κ2) is 5.98. The van der Waals surface area contributed by atoms with E-state index >= 15 is 0 Å². The molecule has 92 valence electrons. The van der Waals surface area contributed by atoms with E-state index in [4.69, 9.17) is 0 Å². The number of aryl methyl sites for hydroxylation is 1. The predicted octanol–water partition coefficient (Wildman–Crippen LogP) is 2.77. The molecule has 1 atom stereocenters. The molecule has 17 heavy (non-hydrogen) atoms. The lowest BCUT2D eigenvalue weighted by atomic mass is 10.1. The van der Waals surface area contributed by atoms with Crippen molar-refractivity contribution in [3.63, 3.8) is 0 Å². The molecule has 2 heterocycles. The van der Waals surface area contributed by atoms with Crippen LogP contribution in [-0.2, 0) is 13.5 Å². The highest BCUT2D eigenvalue weighted by Gasteiger charge is 2.15. The SMILES string of the molecule is CCCNC(Cc1cccs1)c1ccnn1C. The normalized spacial score (nSPS) is 12.8. The van der Waals surface area contributed by atoms with Crippen LogP contribution in [0, 0.1) is 0 Å². The van der Waals surface area contributed by atoms with Crippen LogP contribution in [0.3, 0.4) is 0 Å². The second-order valence-corrected chi connectivity index (χ2v) is 5.20. The average molecular weight is 249 g/mol. The van der Waals surface area contributed by atoms with Gasteiger partial charge in [-0.3, -0.25) is 4.68 Å². The Bertz CT molecular complexity index is 433. The molecule has 2 rings (SSSR count). The van der Waals surface area contributed by atoms with Gasteiger partial charge in [-0.05, 0) is 30.5 Å². The van der Waals surface area contributed by atoms with Crippen molar-refractivity contribution < 1.29 is 0 Å². The molecule has 3 nitrogen and oxygen atoms in total.